The molecule has 0 aromatic heterocycles. The molecular weight excluding hydrogens is 177 g/mol. The van der Waals surface area contributed by atoms with Gasteiger partial charge in [0.25, 0.3) is 10.8 Å². The van der Waals surface area contributed by atoms with Crippen LogP contribution in [-0.2, 0) is 0 Å². The standard InChI is InChI=1S/C5H10FN.ClHO3/c6-5-2-1-3-7-4-5;2-1(3)4/h5,7H,1-4H2;2H. The van der Waals surface area contributed by atoms with E-state index in [0.717, 1.165) is 19.4 Å². The zero-order valence-electron chi connectivity index (χ0n) is 5.93. The van der Waals surface area contributed by atoms with Gasteiger partial charge < -0.3 is 14.6 Å². The molecule has 6 heteroatoms. The minimum absolute atomic E-state index is 0.569. The fourth-order valence-corrected chi connectivity index (χ4v) is 0.809. The number of nitrogens with one attached hydrogen (secondary N) is 1. The Morgan fingerprint density at radius 3 is 2.27 bits per heavy atom. The van der Waals surface area contributed by atoms with Gasteiger partial charge in [-0.1, -0.05) is 0 Å². The van der Waals surface area contributed by atoms with E-state index in [9.17, 15) is 4.39 Å². The zero-order chi connectivity index (χ0) is 8.69. The Kier molecular flexibility index (Phi) is 6.79. The SMILES string of the molecule is FC1CCCNC1.[O-][Cl+2]([O-])O. The van der Waals surface area contributed by atoms with Crippen LogP contribution in [0.15, 0.2) is 0 Å². The maximum atomic E-state index is 12.1. The lowest BCUT2D eigenvalue weighted by molar-refractivity contribution is -1.63. The fraction of sp³-hybridized carbons (Fsp3) is 1.00. The average Bonchev–Trinajstić information content (AvgIpc) is 1.87. The van der Waals surface area contributed by atoms with Crippen LogP contribution in [0, 0.1) is 10.8 Å². The van der Waals surface area contributed by atoms with Gasteiger partial charge in [-0.2, -0.15) is 0 Å². The van der Waals surface area contributed by atoms with Gasteiger partial charge in [0.05, 0.1) is 0 Å². The molecule has 0 amide bonds. The maximum Gasteiger partial charge on any atom is 0.282 e. The molecule has 0 spiro atoms. The van der Waals surface area contributed by atoms with Crippen LogP contribution < -0.4 is 14.6 Å². The van der Waals surface area contributed by atoms with Gasteiger partial charge in [-0.05, 0) is 19.4 Å². The van der Waals surface area contributed by atoms with Gasteiger partial charge in [0.15, 0.2) is 0 Å². The number of rotatable bonds is 0. The van der Waals surface area contributed by atoms with E-state index >= 15 is 0 Å². The van der Waals surface area contributed by atoms with Crippen molar-refractivity contribution in [1.29, 1.82) is 0 Å². The second kappa shape index (κ2) is 6.75. The van der Waals surface area contributed by atoms with Gasteiger partial charge in [0, 0.05) is 11.2 Å². The molecule has 2 N–H and O–H groups in total. The highest BCUT2D eigenvalue weighted by Gasteiger charge is 2.08. The molecule has 4 nitrogen and oxygen atoms in total. The second-order valence-corrected chi connectivity index (χ2v) is 2.55. The molecule has 0 radical (unpaired) electrons. The van der Waals surface area contributed by atoms with Gasteiger partial charge in [-0.15, -0.1) is 0 Å². The van der Waals surface area contributed by atoms with Crippen LogP contribution in [0.1, 0.15) is 12.8 Å². The molecule has 1 heterocycles. The second-order valence-electron chi connectivity index (χ2n) is 2.14. The van der Waals surface area contributed by atoms with Crippen LogP contribution in [0.3, 0.4) is 0 Å². The summed E-state index contributed by atoms with van der Waals surface area (Å²) in [6.45, 7) is 1.57. The summed E-state index contributed by atoms with van der Waals surface area (Å²) >= 11 is 0. The lowest BCUT2D eigenvalue weighted by atomic mass is 10.1. The number of alkyl halides is 1. The molecular formula is C5H11ClFNO3. The van der Waals surface area contributed by atoms with E-state index in [1.54, 1.807) is 0 Å². The summed E-state index contributed by atoms with van der Waals surface area (Å²) in [5.41, 5.74) is 0. The first-order chi connectivity index (χ1) is 5.13. The molecule has 68 valence electrons. The number of hydrogen-bond acceptors (Lipinski definition) is 4. The Hall–Kier alpha value is 0.0600. The highest BCUT2D eigenvalue weighted by Crippen LogP contribution is 2.03. The predicted octanol–water partition coefficient (Wildman–Crippen LogP) is -2.23. The summed E-state index contributed by atoms with van der Waals surface area (Å²) in [5.74, 6) is 0. The quantitative estimate of drug-likeness (QED) is 0.450. The Labute approximate surface area is 67.4 Å². The van der Waals surface area contributed by atoms with Crippen molar-refractivity contribution in [2.24, 2.45) is 0 Å². The molecule has 0 aromatic rings. The van der Waals surface area contributed by atoms with Gasteiger partial charge in [0.1, 0.15) is 6.17 Å². The van der Waals surface area contributed by atoms with E-state index < -0.39 is 17.0 Å². The third-order valence-corrected chi connectivity index (χ3v) is 1.24. The summed E-state index contributed by atoms with van der Waals surface area (Å²) in [6.07, 6.45) is 1.18. The van der Waals surface area contributed by atoms with Crippen LogP contribution >= 0.6 is 0 Å². The van der Waals surface area contributed by atoms with Gasteiger partial charge in [-0.25, -0.2) is 4.39 Å². The van der Waals surface area contributed by atoms with Crippen LogP contribution in [0.4, 0.5) is 4.39 Å². The highest BCUT2D eigenvalue weighted by molar-refractivity contribution is 4.66. The molecule has 1 fully saturated rings. The third-order valence-electron chi connectivity index (χ3n) is 1.24. The number of piperidine rings is 1. The summed E-state index contributed by atoms with van der Waals surface area (Å²) in [6, 6.07) is 0. The molecule has 1 rings (SSSR count). The Bertz CT molecular complexity index is 87.0. The van der Waals surface area contributed by atoms with Crippen molar-refractivity contribution in [1.82, 2.24) is 5.32 Å². The highest BCUT2D eigenvalue weighted by atomic mass is 35.6. The number of hydrogen-bond donors (Lipinski definition) is 2. The van der Waals surface area contributed by atoms with E-state index in [1.807, 2.05) is 0 Å². The van der Waals surface area contributed by atoms with Gasteiger partial charge >= 0.3 is 0 Å². The average molecular weight is 188 g/mol. The monoisotopic (exact) mass is 187 g/mol. The van der Waals surface area contributed by atoms with Crippen LogP contribution in [0.25, 0.3) is 0 Å². The molecule has 1 aliphatic rings. The van der Waals surface area contributed by atoms with Crippen molar-refractivity contribution in [3.05, 3.63) is 0 Å². The van der Waals surface area contributed by atoms with Gasteiger partial charge in [-0.3, -0.25) is 0 Å². The Morgan fingerprint density at radius 2 is 2.09 bits per heavy atom. The minimum atomic E-state index is -2.60. The Morgan fingerprint density at radius 1 is 1.55 bits per heavy atom. The van der Waals surface area contributed by atoms with E-state index in [0.29, 0.717) is 6.54 Å². The van der Waals surface area contributed by atoms with E-state index in [2.05, 4.69) is 5.32 Å². The summed E-state index contributed by atoms with van der Waals surface area (Å²) in [5, 5.41) is 2.96. The Balaban J connectivity index is 0.000000218. The van der Waals surface area contributed by atoms with Crippen molar-refractivity contribution >= 4 is 0 Å². The summed E-state index contributed by atoms with van der Waals surface area (Å²) < 4.78 is 36.1. The molecule has 1 unspecified atom stereocenters. The van der Waals surface area contributed by atoms with Crippen LogP contribution in [0.2, 0.25) is 0 Å². The number of halogens is 2. The van der Waals surface area contributed by atoms with Crippen molar-refractivity contribution in [2.45, 2.75) is 19.0 Å². The normalized spacial score (nSPS) is 24.3. The lowest BCUT2D eigenvalue weighted by Gasteiger charge is -2.14. The van der Waals surface area contributed by atoms with E-state index in [4.69, 9.17) is 14.0 Å². The van der Waals surface area contributed by atoms with Crippen molar-refractivity contribution < 1.29 is 29.2 Å². The van der Waals surface area contributed by atoms with Crippen molar-refractivity contribution in [3.8, 4) is 0 Å². The minimum Gasteiger partial charge on any atom is -0.321 e. The maximum absolute atomic E-state index is 12.1. The fourth-order valence-electron chi connectivity index (χ4n) is 0.809. The topological polar surface area (TPSA) is 78.4 Å². The smallest absolute Gasteiger partial charge is 0.282 e. The van der Waals surface area contributed by atoms with Crippen LogP contribution in [0.5, 0.6) is 0 Å². The molecule has 1 aliphatic heterocycles. The molecule has 0 aliphatic carbocycles. The molecule has 0 saturated carbocycles. The van der Waals surface area contributed by atoms with E-state index in [1.165, 1.54) is 0 Å². The largest absolute Gasteiger partial charge is 0.321 e. The molecule has 11 heavy (non-hydrogen) atoms. The van der Waals surface area contributed by atoms with Crippen LogP contribution in [-0.4, -0.2) is 23.9 Å². The van der Waals surface area contributed by atoms with E-state index in [-0.39, 0.29) is 0 Å². The summed E-state index contributed by atoms with van der Waals surface area (Å²) in [7, 11) is -2.60. The molecule has 0 aromatic carbocycles. The van der Waals surface area contributed by atoms with Crippen molar-refractivity contribution in [2.75, 3.05) is 13.1 Å². The third kappa shape index (κ3) is 10.1. The molecule has 0 bridgehead atoms. The summed E-state index contributed by atoms with van der Waals surface area (Å²) in [4.78, 5) is 0. The van der Waals surface area contributed by atoms with Gasteiger partial charge in [0.2, 0.25) is 0 Å². The predicted molar refractivity (Wildman–Crippen MR) is 29.2 cm³/mol. The zero-order valence-corrected chi connectivity index (χ0v) is 6.68. The lowest BCUT2D eigenvalue weighted by Crippen LogP contribution is -2.30. The molecule has 1 saturated heterocycles. The first-order valence-electron chi connectivity index (χ1n) is 3.22. The first kappa shape index (κ1) is 11.1. The molecule has 1 atom stereocenters. The first-order valence-corrected chi connectivity index (χ1v) is 4.17. The van der Waals surface area contributed by atoms with Crippen molar-refractivity contribution in [3.63, 3.8) is 0 Å².